The van der Waals surface area contributed by atoms with E-state index in [0.29, 0.717) is 86.1 Å². The second-order valence-corrected chi connectivity index (χ2v) is 13.0. The van der Waals surface area contributed by atoms with Crippen LogP contribution in [0.5, 0.6) is 0 Å². The second kappa shape index (κ2) is 16.5. The molecule has 8 rings (SSSR count). The van der Waals surface area contributed by atoms with Gasteiger partial charge in [-0.3, -0.25) is 19.6 Å². The van der Waals surface area contributed by atoms with Gasteiger partial charge in [0, 0.05) is 74.7 Å². The van der Waals surface area contributed by atoms with Crippen molar-refractivity contribution in [1.29, 1.82) is 0 Å². The summed E-state index contributed by atoms with van der Waals surface area (Å²) in [7, 11) is 0. The lowest BCUT2D eigenvalue weighted by atomic mass is 9.96. The standard InChI is InChI=1S/2C19H15F3N4O2/c2*20-12-8-13(21)16(14(22)9-12)19(27)26-7-3-4-11(10-26)17-24-18(28-25-17)15-5-1-2-6-23-15/h2*1-2,5-6,8-9,11H,3-4,7,10H2/t2*11-/m00/s1. The van der Waals surface area contributed by atoms with Gasteiger partial charge >= 0.3 is 0 Å². The van der Waals surface area contributed by atoms with Crippen molar-refractivity contribution >= 4 is 11.8 Å². The number of rotatable bonds is 6. The van der Waals surface area contributed by atoms with E-state index in [9.17, 15) is 35.9 Å². The Kier molecular flexibility index (Phi) is 11.1. The Hall–Kier alpha value is -6.46. The molecule has 2 aromatic carbocycles. The fourth-order valence-electron chi connectivity index (χ4n) is 6.54. The number of hydrogen-bond donors (Lipinski definition) is 0. The maximum Gasteiger partial charge on any atom is 0.276 e. The first-order valence-electron chi connectivity index (χ1n) is 17.4. The average Bonchev–Trinajstić information content (AvgIpc) is 3.90. The van der Waals surface area contributed by atoms with Crippen molar-refractivity contribution in [3.05, 3.63) is 131 Å². The number of hydrogen-bond acceptors (Lipinski definition) is 10. The summed E-state index contributed by atoms with van der Waals surface area (Å²) in [4.78, 5) is 44.8. The molecular formula is C38H30F6N8O4. The molecule has 56 heavy (non-hydrogen) atoms. The third kappa shape index (κ3) is 8.28. The summed E-state index contributed by atoms with van der Waals surface area (Å²) in [5.74, 6) is -7.85. The third-order valence-electron chi connectivity index (χ3n) is 9.24. The molecule has 0 spiro atoms. The van der Waals surface area contributed by atoms with E-state index in [0.717, 1.165) is 0 Å². The molecule has 18 heteroatoms. The van der Waals surface area contributed by atoms with Gasteiger partial charge < -0.3 is 18.8 Å². The van der Waals surface area contributed by atoms with E-state index >= 15 is 0 Å². The molecule has 2 saturated heterocycles. The smallest absolute Gasteiger partial charge is 0.276 e. The molecule has 0 radical (unpaired) electrons. The number of carbonyl (C=O) groups excluding carboxylic acids is 2. The summed E-state index contributed by atoms with van der Waals surface area (Å²) in [6.45, 7) is 1.01. The SMILES string of the molecule is O=C(c1c(F)cc(F)cc1F)N1CCC[C@H](c2noc(-c3ccccn3)n2)C1.O=C(c1c(F)cc(F)cc1F)N1CCC[C@H](c2noc(-c3ccccn3)n2)C1. The molecule has 0 unspecified atom stereocenters. The molecule has 4 aromatic heterocycles. The number of carbonyl (C=O) groups is 2. The summed E-state index contributed by atoms with van der Waals surface area (Å²) >= 11 is 0. The Morgan fingerprint density at radius 2 is 0.982 bits per heavy atom. The van der Waals surface area contributed by atoms with Gasteiger partial charge in [0.05, 0.1) is 0 Å². The Bertz CT molecular complexity index is 2140. The van der Waals surface area contributed by atoms with E-state index in [-0.39, 0.29) is 36.7 Å². The van der Waals surface area contributed by atoms with Crippen LogP contribution in [0.4, 0.5) is 26.3 Å². The van der Waals surface area contributed by atoms with Crippen LogP contribution in [0, 0.1) is 34.9 Å². The molecular weight excluding hydrogens is 746 g/mol. The lowest BCUT2D eigenvalue weighted by Crippen LogP contribution is -2.40. The van der Waals surface area contributed by atoms with Gasteiger partial charge in [0.15, 0.2) is 11.6 Å². The highest BCUT2D eigenvalue weighted by molar-refractivity contribution is 5.95. The molecule has 2 fully saturated rings. The molecule has 2 aliphatic heterocycles. The van der Waals surface area contributed by atoms with E-state index in [1.54, 1.807) is 48.8 Å². The molecule has 6 aromatic rings. The van der Waals surface area contributed by atoms with Crippen molar-refractivity contribution in [3.8, 4) is 23.2 Å². The van der Waals surface area contributed by atoms with Crippen LogP contribution < -0.4 is 0 Å². The summed E-state index contributed by atoms with van der Waals surface area (Å²) in [5.41, 5.74) is -0.463. The lowest BCUT2D eigenvalue weighted by Gasteiger charge is -2.31. The normalized spacial score (nSPS) is 17.0. The highest BCUT2D eigenvalue weighted by atomic mass is 19.2. The number of pyridine rings is 2. The molecule has 2 aliphatic rings. The number of nitrogens with zero attached hydrogens (tertiary/aromatic N) is 8. The Morgan fingerprint density at radius 3 is 1.34 bits per heavy atom. The molecule has 0 N–H and O–H groups in total. The molecule has 0 saturated carbocycles. The molecule has 0 aliphatic carbocycles. The van der Waals surface area contributed by atoms with Crippen LogP contribution in [0.3, 0.4) is 0 Å². The van der Waals surface area contributed by atoms with Crippen LogP contribution in [-0.4, -0.2) is 78.0 Å². The zero-order valence-electron chi connectivity index (χ0n) is 29.2. The molecule has 288 valence electrons. The van der Waals surface area contributed by atoms with Gasteiger partial charge in [-0.15, -0.1) is 0 Å². The number of piperidine rings is 2. The van der Waals surface area contributed by atoms with Crippen molar-refractivity contribution < 1.29 is 45.0 Å². The fourth-order valence-corrected chi connectivity index (χ4v) is 6.54. The average molecular weight is 777 g/mol. The molecule has 0 bridgehead atoms. The molecule has 2 atom stereocenters. The second-order valence-electron chi connectivity index (χ2n) is 13.0. The van der Waals surface area contributed by atoms with Crippen LogP contribution in [0.1, 0.15) is 69.9 Å². The molecule has 12 nitrogen and oxygen atoms in total. The first-order chi connectivity index (χ1) is 27.0. The maximum absolute atomic E-state index is 14.0. The highest BCUT2D eigenvalue weighted by Gasteiger charge is 2.33. The first-order valence-corrected chi connectivity index (χ1v) is 17.4. The van der Waals surface area contributed by atoms with E-state index in [4.69, 9.17) is 9.05 Å². The Morgan fingerprint density at radius 1 is 0.589 bits per heavy atom. The van der Waals surface area contributed by atoms with Gasteiger partial charge in [0.1, 0.15) is 57.4 Å². The Balaban J connectivity index is 0.000000172. The Labute approximate surface area is 314 Å². The zero-order valence-corrected chi connectivity index (χ0v) is 29.2. The predicted molar refractivity (Wildman–Crippen MR) is 183 cm³/mol. The summed E-state index contributed by atoms with van der Waals surface area (Å²) in [6, 6.07) is 12.6. The van der Waals surface area contributed by atoms with Gasteiger partial charge in [-0.05, 0) is 49.9 Å². The van der Waals surface area contributed by atoms with Crippen LogP contribution >= 0.6 is 0 Å². The topological polar surface area (TPSA) is 144 Å². The van der Waals surface area contributed by atoms with Crippen LogP contribution in [0.25, 0.3) is 23.2 Å². The van der Waals surface area contributed by atoms with Gasteiger partial charge in [-0.2, -0.15) is 9.97 Å². The maximum atomic E-state index is 14.0. The van der Waals surface area contributed by atoms with Gasteiger partial charge in [0.2, 0.25) is 0 Å². The van der Waals surface area contributed by atoms with Gasteiger partial charge in [0.25, 0.3) is 23.6 Å². The van der Waals surface area contributed by atoms with Crippen LogP contribution in [0.15, 0.2) is 82.1 Å². The summed E-state index contributed by atoms with van der Waals surface area (Å²) in [6.07, 6.45) is 5.80. The monoisotopic (exact) mass is 776 g/mol. The van der Waals surface area contributed by atoms with Crippen molar-refractivity contribution in [2.75, 3.05) is 26.2 Å². The minimum Gasteiger partial charge on any atom is -0.338 e. The van der Waals surface area contributed by atoms with E-state index < -0.39 is 57.8 Å². The number of amides is 2. The highest BCUT2D eigenvalue weighted by Crippen LogP contribution is 2.30. The largest absolute Gasteiger partial charge is 0.338 e. The van der Waals surface area contributed by atoms with E-state index in [1.165, 1.54) is 9.80 Å². The van der Waals surface area contributed by atoms with E-state index in [2.05, 4.69) is 30.2 Å². The summed E-state index contributed by atoms with van der Waals surface area (Å²) < 4.78 is 92.5. The summed E-state index contributed by atoms with van der Waals surface area (Å²) in [5, 5.41) is 7.94. The van der Waals surface area contributed by atoms with Crippen molar-refractivity contribution in [1.82, 2.24) is 40.0 Å². The van der Waals surface area contributed by atoms with Crippen molar-refractivity contribution in [2.45, 2.75) is 37.5 Å². The number of benzene rings is 2. The molecule has 6 heterocycles. The fraction of sp³-hybridized carbons (Fsp3) is 0.263. The van der Waals surface area contributed by atoms with Crippen LogP contribution in [-0.2, 0) is 0 Å². The van der Waals surface area contributed by atoms with Crippen LogP contribution in [0.2, 0.25) is 0 Å². The number of aromatic nitrogens is 6. The van der Waals surface area contributed by atoms with Crippen molar-refractivity contribution in [3.63, 3.8) is 0 Å². The minimum atomic E-state index is -1.22. The third-order valence-corrected chi connectivity index (χ3v) is 9.24. The number of halogens is 6. The number of likely N-dealkylation sites (tertiary alicyclic amines) is 2. The predicted octanol–water partition coefficient (Wildman–Crippen LogP) is 7.14. The quantitative estimate of drug-likeness (QED) is 0.160. The van der Waals surface area contributed by atoms with Gasteiger partial charge in [-0.1, -0.05) is 22.4 Å². The minimum absolute atomic E-state index is 0.177. The lowest BCUT2D eigenvalue weighted by molar-refractivity contribution is 0.0685. The molecule has 2 amide bonds. The zero-order chi connectivity index (χ0) is 39.3. The van der Waals surface area contributed by atoms with Crippen molar-refractivity contribution in [2.24, 2.45) is 0 Å². The van der Waals surface area contributed by atoms with Gasteiger partial charge in [-0.25, -0.2) is 26.3 Å². The first kappa shape index (κ1) is 37.8. The van der Waals surface area contributed by atoms with E-state index in [1.807, 2.05) is 0 Å².